The van der Waals surface area contributed by atoms with E-state index in [0.717, 1.165) is 103 Å². The van der Waals surface area contributed by atoms with E-state index in [1.807, 2.05) is 0 Å². The summed E-state index contributed by atoms with van der Waals surface area (Å²) in [6.07, 6.45) is 32.6. The topological polar surface area (TPSA) is 88.1 Å². The molecule has 1 atom stereocenters. The number of methoxy groups -OCH3 is 1. The van der Waals surface area contributed by atoms with Crippen molar-refractivity contribution in [3.8, 4) is 0 Å². The molecule has 0 aromatic heterocycles. The lowest BCUT2D eigenvalue weighted by Crippen LogP contribution is -2.18. The molecule has 0 bridgehead atoms. The second-order valence-corrected chi connectivity index (χ2v) is 13.9. The average Bonchev–Trinajstić information content (AvgIpc) is 3.07. The molecule has 0 aliphatic rings. The van der Waals surface area contributed by atoms with E-state index in [-0.39, 0.29) is 24.0 Å². The van der Waals surface area contributed by atoms with Crippen LogP contribution >= 0.6 is 0 Å². The van der Waals surface area contributed by atoms with Crippen molar-refractivity contribution in [1.82, 2.24) is 0 Å². The van der Waals surface area contributed by atoms with E-state index >= 15 is 0 Å². The summed E-state index contributed by atoms with van der Waals surface area (Å²) in [4.78, 5) is 36.4. The van der Waals surface area contributed by atoms with Gasteiger partial charge in [-0.25, -0.2) is 0 Å². The average molecular weight is 683 g/mol. The van der Waals surface area contributed by atoms with Crippen LogP contribution < -0.4 is 0 Å². The fraction of sp³-hybridized carbons (Fsp3) is 0.927. The first kappa shape index (κ1) is 46.4. The molecule has 0 aliphatic heterocycles. The Morgan fingerprint density at radius 1 is 0.396 bits per heavy atom. The highest BCUT2D eigenvalue weighted by Crippen LogP contribution is 2.18. The molecule has 0 aromatic rings. The van der Waals surface area contributed by atoms with Crippen LogP contribution in [0.1, 0.15) is 213 Å². The smallest absolute Gasteiger partial charge is 0.306 e. The Hall–Kier alpha value is -1.63. The molecule has 284 valence electrons. The lowest BCUT2D eigenvalue weighted by molar-refractivity contribution is -0.150. The maximum Gasteiger partial charge on any atom is 0.306 e. The van der Waals surface area contributed by atoms with Gasteiger partial charge in [-0.3, -0.25) is 14.4 Å². The number of unbranched alkanes of at least 4 members (excludes halogenated alkanes) is 21. The van der Waals surface area contributed by atoms with Crippen molar-refractivity contribution in [3.05, 3.63) is 0 Å². The molecule has 0 spiro atoms. The molecule has 0 fully saturated rings. The van der Waals surface area contributed by atoms with Crippen LogP contribution in [0, 0.1) is 0 Å². The van der Waals surface area contributed by atoms with Crippen LogP contribution in [0.4, 0.5) is 0 Å². The molecule has 0 aromatic carbocycles. The molecule has 0 saturated carbocycles. The number of rotatable bonds is 38. The molecule has 0 rings (SSSR count). The van der Waals surface area contributed by atoms with E-state index in [9.17, 15) is 14.4 Å². The van der Waals surface area contributed by atoms with Crippen molar-refractivity contribution >= 4 is 17.9 Å². The first-order valence-electron chi connectivity index (χ1n) is 20.5. The van der Waals surface area contributed by atoms with Gasteiger partial charge in [0.25, 0.3) is 0 Å². The van der Waals surface area contributed by atoms with Crippen molar-refractivity contribution in [3.63, 3.8) is 0 Å². The van der Waals surface area contributed by atoms with Gasteiger partial charge in [-0.05, 0) is 57.8 Å². The van der Waals surface area contributed by atoms with Gasteiger partial charge in [0.05, 0.1) is 13.2 Å². The van der Waals surface area contributed by atoms with Crippen LogP contribution in [0.25, 0.3) is 0 Å². The molecule has 0 radical (unpaired) electrons. The summed E-state index contributed by atoms with van der Waals surface area (Å²) in [5.74, 6) is -0.245. The van der Waals surface area contributed by atoms with Gasteiger partial charge in [-0.15, -0.1) is 0 Å². The van der Waals surface area contributed by atoms with Gasteiger partial charge in [0, 0.05) is 33.0 Å². The van der Waals surface area contributed by atoms with Crippen LogP contribution in [0.2, 0.25) is 0 Å². The van der Waals surface area contributed by atoms with E-state index in [0.29, 0.717) is 45.5 Å². The van der Waals surface area contributed by atoms with E-state index in [2.05, 4.69) is 13.8 Å². The molecular weight excluding hydrogens is 604 g/mol. The molecule has 1 unspecified atom stereocenters. The number of carbonyl (C=O) groups excluding carboxylic acids is 3. The van der Waals surface area contributed by atoms with Crippen molar-refractivity contribution in [2.45, 2.75) is 219 Å². The largest absolute Gasteiger partial charge is 0.466 e. The second-order valence-electron chi connectivity index (χ2n) is 13.9. The Bertz CT molecular complexity index is 711. The molecule has 48 heavy (non-hydrogen) atoms. The fourth-order valence-corrected chi connectivity index (χ4v) is 6.02. The Balaban J connectivity index is 3.96. The first-order chi connectivity index (χ1) is 23.5. The minimum Gasteiger partial charge on any atom is -0.466 e. The van der Waals surface area contributed by atoms with Crippen LogP contribution in [-0.2, 0) is 33.3 Å². The summed E-state index contributed by atoms with van der Waals surface area (Å²) in [7, 11) is 1.65. The van der Waals surface area contributed by atoms with Crippen LogP contribution in [0.5, 0.6) is 0 Å². The summed E-state index contributed by atoms with van der Waals surface area (Å²) >= 11 is 0. The lowest BCUT2D eigenvalue weighted by atomic mass is 10.0. The Labute approximate surface area is 296 Å². The summed E-state index contributed by atoms with van der Waals surface area (Å²) < 4.78 is 21.8. The molecule has 0 N–H and O–H groups in total. The molecule has 7 heteroatoms. The number of ether oxygens (including phenoxy) is 4. The Morgan fingerprint density at radius 3 is 1.17 bits per heavy atom. The third-order valence-electron chi connectivity index (χ3n) is 9.11. The quantitative estimate of drug-likeness (QED) is 0.0364. The van der Waals surface area contributed by atoms with Crippen molar-refractivity contribution < 1.29 is 33.3 Å². The van der Waals surface area contributed by atoms with Gasteiger partial charge in [-0.1, -0.05) is 136 Å². The van der Waals surface area contributed by atoms with E-state index in [1.165, 1.54) is 70.6 Å². The van der Waals surface area contributed by atoms with Crippen LogP contribution in [-0.4, -0.2) is 50.9 Å². The number of hydrogen-bond acceptors (Lipinski definition) is 7. The number of carbonyl (C=O) groups is 3. The number of esters is 3. The van der Waals surface area contributed by atoms with Crippen molar-refractivity contribution in [1.29, 1.82) is 0 Å². The molecule has 0 aliphatic carbocycles. The monoisotopic (exact) mass is 683 g/mol. The second kappa shape index (κ2) is 38.2. The predicted octanol–water partition coefficient (Wildman–Crippen LogP) is 11.8. The highest BCUT2D eigenvalue weighted by Gasteiger charge is 2.14. The minimum absolute atomic E-state index is 0.0343. The first-order valence-corrected chi connectivity index (χ1v) is 20.5. The summed E-state index contributed by atoms with van der Waals surface area (Å²) in [5.41, 5.74) is 0. The Kier molecular flexibility index (Phi) is 36.9. The maximum atomic E-state index is 12.4. The van der Waals surface area contributed by atoms with Gasteiger partial charge >= 0.3 is 17.9 Å². The molecule has 0 heterocycles. The lowest BCUT2D eigenvalue weighted by Gasteiger charge is -2.18. The van der Waals surface area contributed by atoms with Crippen molar-refractivity contribution in [2.24, 2.45) is 0 Å². The van der Waals surface area contributed by atoms with E-state index in [1.54, 1.807) is 7.11 Å². The normalized spacial score (nSPS) is 11.8. The fourth-order valence-electron chi connectivity index (χ4n) is 6.02. The molecule has 7 nitrogen and oxygen atoms in total. The highest BCUT2D eigenvalue weighted by atomic mass is 16.5. The zero-order chi connectivity index (χ0) is 35.2. The standard InChI is InChI=1S/C41H78O7/c1-4-6-8-10-12-14-22-28-37-47-40(43)33-26-20-16-18-24-31-38(48-41(44)34-29-35-45-3)30-23-17-15-19-25-32-39(42)46-36-27-21-13-11-9-7-5-2/h38H,4-37H2,1-3H3. The predicted molar refractivity (Wildman–Crippen MR) is 198 cm³/mol. The molecular formula is C41H78O7. The van der Waals surface area contributed by atoms with Gasteiger partial charge in [0.2, 0.25) is 0 Å². The zero-order valence-corrected chi connectivity index (χ0v) is 32.0. The maximum absolute atomic E-state index is 12.4. The minimum atomic E-state index is -0.127. The summed E-state index contributed by atoms with van der Waals surface area (Å²) in [5, 5.41) is 0. The third-order valence-corrected chi connectivity index (χ3v) is 9.11. The SMILES string of the molecule is CCCCCCCCCCOC(=O)CCCCCCCC(CCCCCCCC(=O)OCCCCCCCCC)OC(=O)CCCOC. The van der Waals surface area contributed by atoms with Gasteiger partial charge in [0.15, 0.2) is 0 Å². The van der Waals surface area contributed by atoms with Gasteiger partial charge < -0.3 is 18.9 Å². The third kappa shape index (κ3) is 35.7. The van der Waals surface area contributed by atoms with Crippen LogP contribution in [0.3, 0.4) is 0 Å². The molecule has 0 saturated heterocycles. The van der Waals surface area contributed by atoms with E-state index in [4.69, 9.17) is 18.9 Å². The summed E-state index contributed by atoms with van der Waals surface area (Å²) in [6, 6.07) is 0. The highest BCUT2D eigenvalue weighted by molar-refractivity contribution is 5.70. The molecule has 0 amide bonds. The number of hydrogen-bond donors (Lipinski definition) is 0. The van der Waals surface area contributed by atoms with Crippen LogP contribution in [0.15, 0.2) is 0 Å². The van der Waals surface area contributed by atoms with E-state index < -0.39 is 0 Å². The Morgan fingerprint density at radius 2 is 0.750 bits per heavy atom. The van der Waals surface area contributed by atoms with Gasteiger partial charge in [0.1, 0.15) is 6.10 Å². The van der Waals surface area contributed by atoms with Gasteiger partial charge in [-0.2, -0.15) is 0 Å². The zero-order valence-electron chi connectivity index (χ0n) is 32.0. The van der Waals surface area contributed by atoms with Crippen molar-refractivity contribution in [2.75, 3.05) is 26.9 Å². The summed E-state index contributed by atoms with van der Waals surface area (Å²) in [6.45, 7) is 6.17.